The second kappa shape index (κ2) is 3.24. The summed E-state index contributed by atoms with van der Waals surface area (Å²) < 4.78 is 0. The maximum absolute atomic E-state index is 3.94. The lowest BCUT2D eigenvalue weighted by molar-refractivity contribution is 0.302. The molecule has 54 valence electrons. The Morgan fingerprint density at radius 2 is 1.89 bits per heavy atom. The van der Waals surface area contributed by atoms with E-state index < -0.39 is 0 Å². The monoisotopic (exact) mass is 126 g/mol. The van der Waals surface area contributed by atoms with E-state index in [0.29, 0.717) is 11.3 Å². The van der Waals surface area contributed by atoms with Gasteiger partial charge in [0.25, 0.3) is 0 Å². The molecular weight excluding hydrogens is 108 g/mol. The first-order valence-corrected chi connectivity index (χ1v) is 3.60. The molecule has 0 spiro atoms. The van der Waals surface area contributed by atoms with Gasteiger partial charge in [-0.1, -0.05) is 34.6 Å². The maximum Gasteiger partial charge on any atom is -0.0352 e. The Labute approximate surface area is 59.7 Å². The highest BCUT2D eigenvalue weighted by Crippen LogP contribution is 2.27. The fourth-order valence-corrected chi connectivity index (χ4v) is 1.05. The van der Waals surface area contributed by atoms with Gasteiger partial charge in [0.05, 0.1) is 0 Å². The minimum atomic E-state index is 0.390. The van der Waals surface area contributed by atoms with Crippen LogP contribution in [0, 0.1) is 25.2 Å². The Balaban J connectivity index is 3.58. The third-order valence-corrected chi connectivity index (χ3v) is 1.58. The van der Waals surface area contributed by atoms with E-state index in [1.54, 1.807) is 0 Å². The summed E-state index contributed by atoms with van der Waals surface area (Å²) in [5.41, 5.74) is 0.390. The largest absolute Gasteiger partial charge is 0.0625 e. The normalized spacial score (nSPS) is 12.7. The molecule has 0 aromatic heterocycles. The highest BCUT2D eigenvalue weighted by Gasteiger charge is 2.15. The van der Waals surface area contributed by atoms with Crippen LogP contribution in [-0.2, 0) is 0 Å². The summed E-state index contributed by atoms with van der Waals surface area (Å²) >= 11 is 0. The van der Waals surface area contributed by atoms with Crippen LogP contribution in [0.25, 0.3) is 0 Å². The fourth-order valence-electron chi connectivity index (χ4n) is 1.05. The highest BCUT2D eigenvalue weighted by molar-refractivity contribution is 4.73. The summed E-state index contributed by atoms with van der Waals surface area (Å²) in [7, 11) is 0. The molecule has 0 rings (SSSR count). The first kappa shape index (κ1) is 9.00. The lowest BCUT2D eigenvalue weighted by Crippen LogP contribution is -2.12. The van der Waals surface area contributed by atoms with Crippen molar-refractivity contribution in [3.8, 4) is 0 Å². The van der Waals surface area contributed by atoms with Gasteiger partial charge in [0, 0.05) is 0 Å². The van der Waals surface area contributed by atoms with Gasteiger partial charge in [-0.15, -0.1) is 0 Å². The minimum Gasteiger partial charge on any atom is -0.0625 e. The van der Waals surface area contributed by atoms with Gasteiger partial charge < -0.3 is 0 Å². The molecule has 0 fully saturated rings. The van der Waals surface area contributed by atoms with E-state index >= 15 is 0 Å². The minimum absolute atomic E-state index is 0.390. The SMILES string of the molecule is [CH2]CC(C)(C)CC([CH2])C. The van der Waals surface area contributed by atoms with E-state index in [1.807, 2.05) is 0 Å². The van der Waals surface area contributed by atoms with Crippen molar-refractivity contribution in [1.82, 2.24) is 0 Å². The van der Waals surface area contributed by atoms with Crippen LogP contribution in [0.2, 0.25) is 0 Å². The molecule has 0 amide bonds. The summed E-state index contributed by atoms with van der Waals surface area (Å²) in [5.74, 6) is 0.557. The average Bonchev–Trinajstić information content (AvgIpc) is 1.63. The van der Waals surface area contributed by atoms with Crippen LogP contribution in [0.1, 0.15) is 33.6 Å². The molecule has 1 atom stereocenters. The Hall–Kier alpha value is 0. The molecule has 0 nitrogen and oxygen atoms in total. The van der Waals surface area contributed by atoms with Gasteiger partial charge >= 0.3 is 0 Å². The Morgan fingerprint density at radius 1 is 1.44 bits per heavy atom. The molecule has 0 N–H and O–H groups in total. The molecule has 0 saturated heterocycles. The molecule has 0 heterocycles. The molecule has 1 unspecified atom stereocenters. The first-order chi connectivity index (χ1) is 3.98. The zero-order chi connectivity index (χ0) is 7.49. The van der Waals surface area contributed by atoms with Crippen molar-refractivity contribution in [2.24, 2.45) is 11.3 Å². The van der Waals surface area contributed by atoms with Crippen LogP contribution in [0.15, 0.2) is 0 Å². The van der Waals surface area contributed by atoms with Crippen molar-refractivity contribution < 1.29 is 0 Å². The Kier molecular flexibility index (Phi) is 3.24. The molecule has 0 aromatic rings. The van der Waals surface area contributed by atoms with Gasteiger partial charge in [-0.2, -0.15) is 0 Å². The van der Waals surface area contributed by atoms with Crippen LogP contribution < -0.4 is 0 Å². The summed E-state index contributed by atoms with van der Waals surface area (Å²) in [6.45, 7) is 14.5. The predicted molar refractivity (Wildman–Crippen MR) is 42.9 cm³/mol. The predicted octanol–water partition coefficient (Wildman–Crippen LogP) is 3.10. The topological polar surface area (TPSA) is 0 Å². The Morgan fingerprint density at radius 3 is 2.00 bits per heavy atom. The van der Waals surface area contributed by atoms with Gasteiger partial charge in [0.15, 0.2) is 0 Å². The molecule has 0 bridgehead atoms. The van der Waals surface area contributed by atoms with E-state index in [0.717, 1.165) is 6.42 Å². The van der Waals surface area contributed by atoms with Crippen molar-refractivity contribution in [3.05, 3.63) is 13.8 Å². The lowest BCUT2D eigenvalue weighted by atomic mass is 9.82. The number of hydrogen-bond acceptors (Lipinski definition) is 0. The summed E-state index contributed by atoms with van der Waals surface area (Å²) in [6.07, 6.45) is 2.18. The van der Waals surface area contributed by atoms with E-state index in [2.05, 4.69) is 34.6 Å². The zero-order valence-corrected chi connectivity index (χ0v) is 6.91. The Bertz CT molecular complexity index is 70.1. The van der Waals surface area contributed by atoms with E-state index in [9.17, 15) is 0 Å². The third-order valence-electron chi connectivity index (χ3n) is 1.58. The van der Waals surface area contributed by atoms with Crippen molar-refractivity contribution in [2.75, 3.05) is 0 Å². The van der Waals surface area contributed by atoms with Gasteiger partial charge in [0.1, 0.15) is 0 Å². The fraction of sp³-hybridized carbons (Fsp3) is 0.778. The molecule has 0 saturated carbocycles. The van der Waals surface area contributed by atoms with Crippen molar-refractivity contribution in [1.29, 1.82) is 0 Å². The molecule has 0 aliphatic heterocycles. The highest BCUT2D eigenvalue weighted by atomic mass is 14.2. The standard InChI is InChI=1S/C9H18/c1-6-9(4,5)7-8(2)3/h8H,1-2,6-7H2,3-5H3. The van der Waals surface area contributed by atoms with Gasteiger partial charge in [-0.25, -0.2) is 0 Å². The maximum atomic E-state index is 3.94. The molecule has 2 radical (unpaired) electrons. The molecule has 0 aliphatic carbocycles. The van der Waals surface area contributed by atoms with E-state index in [1.165, 1.54) is 6.42 Å². The van der Waals surface area contributed by atoms with E-state index in [-0.39, 0.29) is 0 Å². The smallest absolute Gasteiger partial charge is 0.0352 e. The van der Waals surface area contributed by atoms with Gasteiger partial charge in [-0.3, -0.25) is 0 Å². The third kappa shape index (κ3) is 4.50. The van der Waals surface area contributed by atoms with Crippen LogP contribution in [0.5, 0.6) is 0 Å². The van der Waals surface area contributed by atoms with E-state index in [4.69, 9.17) is 0 Å². The molecular formula is C9H18. The average molecular weight is 126 g/mol. The number of rotatable bonds is 3. The van der Waals surface area contributed by atoms with Crippen LogP contribution in [0.3, 0.4) is 0 Å². The van der Waals surface area contributed by atoms with Crippen LogP contribution >= 0.6 is 0 Å². The van der Waals surface area contributed by atoms with Crippen LogP contribution in [0.4, 0.5) is 0 Å². The second-order valence-corrected chi connectivity index (χ2v) is 3.72. The second-order valence-electron chi connectivity index (χ2n) is 3.72. The zero-order valence-electron chi connectivity index (χ0n) is 6.91. The lowest BCUT2D eigenvalue weighted by Gasteiger charge is -2.24. The summed E-state index contributed by atoms with van der Waals surface area (Å²) in [4.78, 5) is 0. The first-order valence-electron chi connectivity index (χ1n) is 3.60. The summed E-state index contributed by atoms with van der Waals surface area (Å²) in [5, 5.41) is 0. The van der Waals surface area contributed by atoms with Crippen molar-refractivity contribution >= 4 is 0 Å². The van der Waals surface area contributed by atoms with Gasteiger partial charge in [0.2, 0.25) is 0 Å². The quantitative estimate of drug-likeness (QED) is 0.545. The van der Waals surface area contributed by atoms with Crippen LogP contribution in [-0.4, -0.2) is 0 Å². The van der Waals surface area contributed by atoms with Crippen molar-refractivity contribution in [3.63, 3.8) is 0 Å². The molecule has 0 heteroatoms. The van der Waals surface area contributed by atoms with Gasteiger partial charge in [-0.05, 0) is 24.2 Å². The molecule has 9 heavy (non-hydrogen) atoms. The number of hydrogen-bond donors (Lipinski definition) is 0. The molecule has 0 aliphatic rings. The summed E-state index contributed by atoms with van der Waals surface area (Å²) in [6, 6.07) is 0. The van der Waals surface area contributed by atoms with Crippen molar-refractivity contribution in [2.45, 2.75) is 33.6 Å². The molecule has 0 aromatic carbocycles.